The standard InChI is InChI=1S/C21H16FN3O/c1-25-13-23-12-20(25)14-6-7-15-11-24-17(9-16(15)8-14)10-21(26)18-4-2-3-5-19(18)22/h2-9,11-13H,10H2,1H3/i2D,3D,4D,5D. The first kappa shape index (κ1) is 12.1. The number of carbonyl (C=O) groups is 1. The van der Waals surface area contributed by atoms with Gasteiger partial charge in [0.1, 0.15) is 5.82 Å². The average molecular weight is 349 g/mol. The average Bonchev–Trinajstić information content (AvgIpc) is 3.16. The Labute approximate surface area is 155 Å². The molecule has 4 rings (SSSR count). The zero-order chi connectivity index (χ0) is 21.6. The molecular weight excluding hydrogens is 329 g/mol. The van der Waals surface area contributed by atoms with E-state index in [1.807, 2.05) is 29.8 Å². The van der Waals surface area contributed by atoms with Gasteiger partial charge in [0.2, 0.25) is 0 Å². The SMILES string of the molecule is [2H]c1c([2H])c([2H])c(C(=O)Cc2cc3cc(-c4cncn4C)ccc3cn2)c(F)c1[2H]. The summed E-state index contributed by atoms with van der Waals surface area (Å²) in [5.74, 6) is -2.00. The summed E-state index contributed by atoms with van der Waals surface area (Å²) in [6, 6.07) is 4.63. The number of hydrogen-bond donors (Lipinski definition) is 0. The van der Waals surface area contributed by atoms with E-state index in [0.717, 1.165) is 22.0 Å². The van der Waals surface area contributed by atoms with Gasteiger partial charge in [-0.25, -0.2) is 9.37 Å². The maximum atomic E-state index is 14.4. The number of benzene rings is 2. The number of nitrogens with zero attached hydrogens (tertiary/aromatic N) is 3. The first-order valence-corrected chi connectivity index (χ1v) is 7.92. The minimum atomic E-state index is -1.25. The number of halogens is 1. The van der Waals surface area contributed by atoms with Gasteiger partial charge in [0, 0.05) is 29.9 Å². The molecule has 0 saturated carbocycles. The van der Waals surface area contributed by atoms with E-state index in [2.05, 4.69) is 9.97 Å². The fraction of sp³-hybridized carbons (Fsp3) is 0.0952. The topological polar surface area (TPSA) is 47.8 Å². The van der Waals surface area contributed by atoms with Crippen LogP contribution in [0.25, 0.3) is 22.0 Å². The molecule has 0 spiro atoms. The van der Waals surface area contributed by atoms with Crippen LogP contribution in [-0.4, -0.2) is 20.3 Å². The van der Waals surface area contributed by atoms with E-state index in [1.54, 1.807) is 24.8 Å². The van der Waals surface area contributed by atoms with E-state index in [0.29, 0.717) is 5.69 Å². The predicted octanol–water partition coefficient (Wildman–Crippen LogP) is 4.20. The van der Waals surface area contributed by atoms with Gasteiger partial charge in [-0.1, -0.05) is 24.2 Å². The highest BCUT2D eigenvalue weighted by atomic mass is 19.1. The largest absolute Gasteiger partial charge is 0.334 e. The molecule has 2 aromatic heterocycles. The fourth-order valence-corrected chi connectivity index (χ4v) is 2.82. The second-order valence-electron chi connectivity index (χ2n) is 5.92. The number of fused-ring (bicyclic) bond motifs is 1. The number of carbonyl (C=O) groups excluding carboxylic acids is 1. The van der Waals surface area contributed by atoms with E-state index < -0.39 is 41.3 Å². The van der Waals surface area contributed by atoms with Gasteiger partial charge in [-0.05, 0) is 29.6 Å². The van der Waals surface area contributed by atoms with Crippen molar-refractivity contribution >= 4 is 16.6 Å². The number of hydrogen-bond acceptors (Lipinski definition) is 3. The zero-order valence-corrected chi connectivity index (χ0v) is 13.9. The third kappa shape index (κ3) is 2.99. The normalized spacial score (nSPS) is 13.2. The molecule has 0 amide bonds. The lowest BCUT2D eigenvalue weighted by atomic mass is 10.0. The summed E-state index contributed by atoms with van der Waals surface area (Å²) in [5, 5.41) is 1.70. The minimum absolute atomic E-state index is 0.287. The Hall–Kier alpha value is -3.34. The Kier molecular flexibility index (Phi) is 3.03. The lowest BCUT2D eigenvalue weighted by molar-refractivity contribution is 0.0988. The van der Waals surface area contributed by atoms with E-state index in [4.69, 9.17) is 5.48 Å². The fourth-order valence-electron chi connectivity index (χ4n) is 2.82. The Morgan fingerprint density at radius 3 is 2.85 bits per heavy atom. The number of imidazole rings is 1. The van der Waals surface area contributed by atoms with Crippen LogP contribution in [0, 0.1) is 5.82 Å². The molecule has 0 fully saturated rings. The molecule has 0 aliphatic heterocycles. The van der Waals surface area contributed by atoms with Crippen LogP contribution in [0.1, 0.15) is 21.5 Å². The quantitative estimate of drug-likeness (QED) is 0.519. The second-order valence-corrected chi connectivity index (χ2v) is 5.92. The van der Waals surface area contributed by atoms with Crippen molar-refractivity contribution in [3.63, 3.8) is 0 Å². The molecule has 0 radical (unpaired) electrons. The van der Waals surface area contributed by atoms with Gasteiger partial charge in [0.25, 0.3) is 0 Å². The smallest absolute Gasteiger partial charge is 0.171 e. The summed E-state index contributed by atoms with van der Waals surface area (Å²) in [4.78, 5) is 21.0. The number of pyridine rings is 1. The van der Waals surface area contributed by atoms with Crippen molar-refractivity contribution in [1.82, 2.24) is 14.5 Å². The monoisotopic (exact) mass is 349 g/mol. The van der Waals surface area contributed by atoms with E-state index in [-0.39, 0.29) is 6.42 Å². The molecule has 2 aromatic carbocycles. The number of Topliss-reactive ketones (excluding diaryl/α,β-unsaturated/α-hetero) is 1. The highest BCUT2D eigenvalue weighted by molar-refractivity contribution is 5.98. The van der Waals surface area contributed by atoms with Gasteiger partial charge in [0.15, 0.2) is 5.78 Å². The van der Waals surface area contributed by atoms with E-state index in [9.17, 15) is 9.18 Å². The number of ketones is 1. The minimum Gasteiger partial charge on any atom is -0.334 e. The highest BCUT2D eigenvalue weighted by Gasteiger charge is 2.13. The highest BCUT2D eigenvalue weighted by Crippen LogP contribution is 2.24. The first-order valence-electron chi connectivity index (χ1n) is 9.92. The summed E-state index contributed by atoms with van der Waals surface area (Å²) in [6.45, 7) is 0. The first-order chi connectivity index (χ1) is 14.3. The van der Waals surface area contributed by atoms with Gasteiger partial charge in [0.05, 0.1) is 35.7 Å². The maximum Gasteiger partial charge on any atom is 0.171 e. The number of aromatic nitrogens is 3. The van der Waals surface area contributed by atoms with E-state index in [1.165, 1.54) is 0 Å². The van der Waals surface area contributed by atoms with Crippen molar-refractivity contribution in [2.75, 3.05) is 0 Å². The molecule has 5 heteroatoms. The van der Waals surface area contributed by atoms with Gasteiger partial charge in [-0.15, -0.1) is 0 Å². The van der Waals surface area contributed by atoms with Gasteiger partial charge >= 0.3 is 0 Å². The molecule has 0 unspecified atom stereocenters. The molecule has 4 aromatic rings. The van der Waals surface area contributed by atoms with Crippen molar-refractivity contribution in [2.24, 2.45) is 7.05 Å². The summed E-state index contributed by atoms with van der Waals surface area (Å²) in [6.07, 6.45) is 4.77. The molecule has 2 heterocycles. The number of aryl methyl sites for hydroxylation is 1. The molecule has 128 valence electrons. The van der Waals surface area contributed by atoms with Crippen LogP contribution in [0.3, 0.4) is 0 Å². The van der Waals surface area contributed by atoms with Crippen LogP contribution >= 0.6 is 0 Å². The molecule has 0 bridgehead atoms. The third-order valence-corrected chi connectivity index (χ3v) is 4.15. The second kappa shape index (κ2) is 6.52. The van der Waals surface area contributed by atoms with Crippen molar-refractivity contribution in [3.8, 4) is 11.3 Å². The number of rotatable bonds is 4. The molecule has 0 saturated heterocycles. The van der Waals surface area contributed by atoms with Crippen LogP contribution in [0.4, 0.5) is 4.39 Å². The van der Waals surface area contributed by atoms with Gasteiger partial charge in [-0.2, -0.15) is 0 Å². The van der Waals surface area contributed by atoms with Crippen molar-refractivity contribution < 1.29 is 14.7 Å². The Balaban J connectivity index is 1.71. The third-order valence-electron chi connectivity index (χ3n) is 4.15. The van der Waals surface area contributed by atoms with Gasteiger partial charge < -0.3 is 4.57 Å². The van der Waals surface area contributed by atoms with Crippen LogP contribution in [0.5, 0.6) is 0 Å². The maximum absolute atomic E-state index is 14.4. The Morgan fingerprint density at radius 1 is 1.19 bits per heavy atom. The van der Waals surface area contributed by atoms with Gasteiger partial charge in [-0.3, -0.25) is 9.78 Å². The lowest BCUT2D eigenvalue weighted by Gasteiger charge is -2.07. The Morgan fingerprint density at radius 2 is 2.04 bits per heavy atom. The van der Waals surface area contributed by atoms with Crippen molar-refractivity contribution in [1.29, 1.82) is 0 Å². The predicted molar refractivity (Wildman–Crippen MR) is 98.4 cm³/mol. The van der Waals surface area contributed by atoms with Crippen LogP contribution in [0.15, 0.2) is 67.2 Å². The molecule has 0 aliphatic carbocycles. The molecule has 26 heavy (non-hydrogen) atoms. The van der Waals surface area contributed by atoms with Crippen LogP contribution in [-0.2, 0) is 13.5 Å². The van der Waals surface area contributed by atoms with Crippen molar-refractivity contribution in [2.45, 2.75) is 6.42 Å². The zero-order valence-electron chi connectivity index (χ0n) is 17.9. The summed E-state index contributed by atoms with van der Waals surface area (Å²) in [5.41, 5.74) is 1.59. The molecule has 0 N–H and O–H groups in total. The van der Waals surface area contributed by atoms with Crippen molar-refractivity contribution in [3.05, 3.63) is 84.2 Å². The van der Waals surface area contributed by atoms with Crippen LogP contribution in [0.2, 0.25) is 0 Å². The Bertz CT molecular complexity index is 1290. The molecule has 0 atom stereocenters. The summed E-state index contributed by atoms with van der Waals surface area (Å²) >= 11 is 0. The summed E-state index contributed by atoms with van der Waals surface area (Å²) in [7, 11) is 1.89. The van der Waals surface area contributed by atoms with Crippen LogP contribution < -0.4 is 0 Å². The molecule has 4 nitrogen and oxygen atoms in total. The molecular formula is C21H16FN3O. The lowest BCUT2D eigenvalue weighted by Crippen LogP contribution is -2.07. The molecule has 0 aliphatic rings. The summed E-state index contributed by atoms with van der Waals surface area (Å²) < 4.78 is 46.9. The van der Waals surface area contributed by atoms with E-state index >= 15 is 0 Å².